The van der Waals surface area contributed by atoms with Crippen molar-refractivity contribution in [3.8, 4) is 22.4 Å². The Morgan fingerprint density at radius 3 is 2.24 bits per heavy atom. The molecule has 3 rings (SSSR count). The van der Waals surface area contributed by atoms with Crippen LogP contribution < -0.4 is 0 Å². The molecule has 2 aromatic carbocycles. The minimum atomic E-state index is -0.264. The monoisotopic (exact) mass is 493 g/mol. The van der Waals surface area contributed by atoms with Crippen LogP contribution >= 0.6 is 0 Å². The first-order chi connectivity index (χ1) is 18.0. The highest BCUT2D eigenvalue weighted by Gasteiger charge is 2.26. The first-order valence-corrected chi connectivity index (χ1v) is 12.6. The maximum atomic E-state index is 14.0. The lowest BCUT2D eigenvalue weighted by Crippen LogP contribution is -2.16. The second-order valence-corrected chi connectivity index (χ2v) is 8.71. The van der Waals surface area contributed by atoms with Crippen LogP contribution in [0.2, 0.25) is 0 Å². The van der Waals surface area contributed by atoms with E-state index in [0.29, 0.717) is 18.7 Å². The van der Waals surface area contributed by atoms with Gasteiger partial charge in [0.25, 0.3) is 0 Å². The fraction of sp³-hybridized carbons (Fsp3) is 0.176. The van der Waals surface area contributed by atoms with E-state index >= 15 is 0 Å². The molecule has 0 aliphatic carbocycles. The van der Waals surface area contributed by atoms with Crippen molar-refractivity contribution in [2.45, 2.75) is 38.8 Å². The molecule has 1 atom stereocenters. The maximum absolute atomic E-state index is 14.0. The van der Waals surface area contributed by atoms with E-state index in [9.17, 15) is 4.39 Å². The molecule has 0 aliphatic heterocycles. The SMILES string of the molecule is C=C/C=C(\C=C)c1c(-c2ccccc2)c(-c2ccc(F)cc2)n(CCC(CC=C)OC(=C)C=C)c1CC. The fourth-order valence-corrected chi connectivity index (χ4v) is 4.71. The van der Waals surface area contributed by atoms with Crippen LogP contribution in [-0.2, 0) is 17.7 Å². The van der Waals surface area contributed by atoms with Crippen LogP contribution in [0.1, 0.15) is 31.0 Å². The van der Waals surface area contributed by atoms with Crippen LogP contribution in [0.15, 0.2) is 124 Å². The van der Waals surface area contributed by atoms with Crippen molar-refractivity contribution in [1.29, 1.82) is 0 Å². The molecule has 1 unspecified atom stereocenters. The molecule has 0 N–H and O–H groups in total. The van der Waals surface area contributed by atoms with Crippen molar-refractivity contribution >= 4 is 5.57 Å². The van der Waals surface area contributed by atoms with E-state index in [4.69, 9.17) is 4.74 Å². The largest absolute Gasteiger partial charge is 0.491 e. The average molecular weight is 494 g/mol. The number of benzene rings is 2. The highest BCUT2D eigenvalue weighted by molar-refractivity contribution is 5.95. The van der Waals surface area contributed by atoms with Gasteiger partial charge in [0.1, 0.15) is 17.7 Å². The van der Waals surface area contributed by atoms with Gasteiger partial charge in [0.05, 0.1) is 5.69 Å². The number of rotatable bonds is 14. The zero-order valence-electron chi connectivity index (χ0n) is 21.8. The lowest BCUT2D eigenvalue weighted by Gasteiger charge is -2.21. The highest BCUT2D eigenvalue weighted by Crippen LogP contribution is 2.43. The Kier molecular flexibility index (Phi) is 9.85. The third-order valence-electron chi connectivity index (χ3n) is 6.34. The van der Waals surface area contributed by atoms with Gasteiger partial charge in [0, 0.05) is 36.2 Å². The predicted molar refractivity (Wildman–Crippen MR) is 157 cm³/mol. The molecule has 2 nitrogen and oxygen atoms in total. The van der Waals surface area contributed by atoms with E-state index in [0.717, 1.165) is 46.4 Å². The molecule has 0 fully saturated rings. The van der Waals surface area contributed by atoms with E-state index in [-0.39, 0.29) is 11.9 Å². The molecular formula is C34H36FNO. The summed E-state index contributed by atoms with van der Waals surface area (Å²) >= 11 is 0. The zero-order chi connectivity index (χ0) is 26.8. The van der Waals surface area contributed by atoms with Crippen LogP contribution in [0.25, 0.3) is 28.0 Å². The summed E-state index contributed by atoms with van der Waals surface area (Å²) in [5.74, 6) is 0.280. The van der Waals surface area contributed by atoms with Gasteiger partial charge in [-0.05, 0) is 53.5 Å². The van der Waals surface area contributed by atoms with E-state index in [2.05, 4.69) is 56.5 Å². The second-order valence-electron chi connectivity index (χ2n) is 8.71. The Balaban J connectivity index is 2.32. The molecule has 0 radical (unpaired) electrons. The summed E-state index contributed by atoms with van der Waals surface area (Å²) in [5, 5.41) is 0. The normalized spacial score (nSPS) is 12.0. The first kappa shape index (κ1) is 27.5. The molecular weight excluding hydrogens is 457 g/mol. The minimum Gasteiger partial charge on any atom is -0.491 e. The Morgan fingerprint density at radius 2 is 1.68 bits per heavy atom. The predicted octanol–water partition coefficient (Wildman–Crippen LogP) is 9.33. The van der Waals surface area contributed by atoms with Gasteiger partial charge in [-0.3, -0.25) is 0 Å². The van der Waals surface area contributed by atoms with Gasteiger partial charge in [-0.2, -0.15) is 0 Å². The third kappa shape index (κ3) is 6.37. The van der Waals surface area contributed by atoms with Gasteiger partial charge in [-0.1, -0.05) is 87.9 Å². The molecule has 0 saturated carbocycles. The number of halogens is 1. The Labute approximate surface area is 221 Å². The summed E-state index contributed by atoms with van der Waals surface area (Å²) in [4.78, 5) is 0. The van der Waals surface area contributed by atoms with Crippen molar-refractivity contribution in [3.63, 3.8) is 0 Å². The van der Waals surface area contributed by atoms with Crippen molar-refractivity contribution in [3.05, 3.63) is 141 Å². The summed E-state index contributed by atoms with van der Waals surface area (Å²) in [5.41, 5.74) is 7.43. The number of nitrogens with zero attached hydrogens (tertiary/aromatic N) is 1. The lowest BCUT2D eigenvalue weighted by molar-refractivity contribution is 0.116. The zero-order valence-corrected chi connectivity index (χ0v) is 21.8. The summed E-state index contributed by atoms with van der Waals surface area (Å²) < 4.78 is 22.4. The summed E-state index contributed by atoms with van der Waals surface area (Å²) in [6, 6.07) is 17.0. The van der Waals surface area contributed by atoms with Crippen LogP contribution in [0, 0.1) is 5.82 Å². The number of aromatic nitrogens is 1. The van der Waals surface area contributed by atoms with Crippen molar-refractivity contribution in [2.75, 3.05) is 0 Å². The quantitative estimate of drug-likeness (QED) is 0.124. The van der Waals surface area contributed by atoms with E-state index < -0.39 is 0 Å². The number of allylic oxidation sites excluding steroid dienone is 5. The van der Waals surface area contributed by atoms with E-state index in [1.807, 2.05) is 48.6 Å². The van der Waals surface area contributed by atoms with Gasteiger partial charge >= 0.3 is 0 Å². The Morgan fingerprint density at radius 1 is 0.973 bits per heavy atom. The smallest absolute Gasteiger partial charge is 0.123 e. The van der Waals surface area contributed by atoms with Gasteiger partial charge in [0.15, 0.2) is 0 Å². The second kappa shape index (κ2) is 13.3. The van der Waals surface area contributed by atoms with Crippen LogP contribution in [0.5, 0.6) is 0 Å². The average Bonchev–Trinajstić information content (AvgIpc) is 3.25. The van der Waals surface area contributed by atoms with Gasteiger partial charge in [-0.25, -0.2) is 4.39 Å². The van der Waals surface area contributed by atoms with Crippen molar-refractivity contribution in [2.24, 2.45) is 0 Å². The Bertz CT molecular complexity index is 1290. The lowest BCUT2D eigenvalue weighted by atomic mass is 9.92. The molecule has 0 aliphatic rings. The third-order valence-corrected chi connectivity index (χ3v) is 6.34. The van der Waals surface area contributed by atoms with Crippen LogP contribution in [-0.4, -0.2) is 10.7 Å². The summed E-state index contributed by atoms with van der Waals surface area (Å²) in [6.07, 6.45) is 11.3. The molecule has 0 amide bonds. The number of hydrogen-bond donors (Lipinski definition) is 0. The number of hydrogen-bond acceptors (Lipinski definition) is 1. The number of ether oxygens (including phenoxy) is 1. The molecule has 1 heterocycles. The van der Waals surface area contributed by atoms with Crippen LogP contribution in [0.3, 0.4) is 0 Å². The minimum absolute atomic E-state index is 0.0950. The molecule has 0 bridgehead atoms. The maximum Gasteiger partial charge on any atom is 0.123 e. The molecule has 0 saturated heterocycles. The van der Waals surface area contributed by atoms with Gasteiger partial charge in [-0.15, -0.1) is 6.58 Å². The summed E-state index contributed by atoms with van der Waals surface area (Å²) in [6.45, 7) is 22.5. The first-order valence-electron chi connectivity index (χ1n) is 12.6. The molecule has 1 aromatic heterocycles. The van der Waals surface area contributed by atoms with Crippen molar-refractivity contribution in [1.82, 2.24) is 4.57 Å². The molecule has 0 spiro atoms. The topological polar surface area (TPSA) is 14.2 Å². The molecule has 3 aromatic rings. The summed E-state index contributed by atoms with van der Waals surface area (Å²) in [7, 11) is 0. The van der Waals surface area contributed by atoms with Crippen molar-refractivity contribution < 1.29 is 9.13 Å². The van der Waals surface area contributed by atoms with Crippen LogP contribution in [0.4, 0.5) is 4.39 Å². The molecule has 190 valence electrons. The molecule has 37 heavy (non-hydrogen) atoms. The standard InChI is InChI=1S/C34H36FNO/c1-7-15-26(10-4)32-31(11-5)36(24-23-30(16-8-2)37-25(6)9-3)34(28-19-21-29(35)22-20-28)33(32)27-17-13-12-14-18-27/h7-10,12-15,17-22,30H,1-4,6,11,16,23-24H2,5H3/b26-15+. The highest BCUT2D eigenvalue weighted by atomic mass is 19.1. The molecule has 3 heteroatoms. The van der Waals surface area contributed by atoms with E-state index in [1.165, 1.54) is 17.8 Å². The van der Waals surface area contributed by atoms with E-state index in [1.54, 1.807) is 12.2 Å². The fourth-order valence-electron chi connectivity index (χ4n) is 4.71. The Hall–Kier alpha value is -4.11. The van der Waals surface area contributed by atoms with Gasteiger partial charge < -0.3 is 9.30 Å². The van der Waals surface area contributed by atoms with Gasteiger partial charge in [0.2, 0.25) is 0 Å².